The summed E-state index contributed by atoms with van der Waals surface area (Å²) in [5.74, 6) is 0.0325. The van der Waals surface area contributed by atoms with Crippen LogP contribution < -0.4 is 11.5 Å². The number of rotatable bonds is 2. The third kappa shape index (κ3) is 2.85. The number of pyridine rings is 2. The lowest BCUT2D eigenvalue weighted by Crippen LogP contribution is -2.12. The van der Waals surface area contributed by atoms with Gasteiger partial charge in [-0.15, -0.1) is 0 Å². The Morgan fingerprint density at radius 2 is 1.74 bits per heavy atom. The van der Waals surface area contributed by atoms with E-state index in [4.69, 9.17) is 11.5 Å². The molecule has 4 N–H and O–H groups in total. The van der Waals surface area contributed by atoms with Gasteiger partial charge in [0.2, 0.25) is 5.95 Å². The molecule has 0 bridgehead atoms. The SMILES string of the molecule is Nc1nc(N)c2c(Cc3cccnc3C(F)(F)F)ccnc2n1. The van der Waals surface area contributed by atoms with E-state index in [9.17, 15) is 13.2 Å². The molecule has 6 nitrogen and oxygen atoms in total. The first-order valence-electron chi connectivity index (χ1n) is 6.54. The molecule has 118 valence electrons. The van der Waals surface area contributed by atoms with Crippen molar-refractivity contribution in [1.29, 1.82) is 0 Å². The van der Waals surface area contributed by atoms with Crippen LogP contribution in [0.25, 0.3) is 11.0 Å². The molecule has 0 aliphatic rings. The molecule has 3 rings (SSSR count). The van der Waals surface area contributed by atoms with Crippen molar-refractivity contribution in [3.63, 3.8) is 0 Å². The molecule has 0 aliphatic heterocycles. The average Bonchev–Trinajstić information content (AvgIpc) is 2.46. The van der Waals surface area contributed by atoms with Crippen LogP contribution in [0.4, 0.5) is 24.9 Å². The number of aromatic nitrogens is 4. The molecular weight excluding hydrogens is 309 g/mol. The second-order valence-corrected chi connectivity index (χ2v) is 4.82. The van der Waals surface area contributed by atoms with Crippen molar-refractivity contribution in [2.75, 3.05) is 11.5 Å². The first-order chi connectivity index (χ1) is 10.9. The number of hydrogen-bond donors (Lipinski definition) is 2. The van der Waals surface area contributed by atoms with Crippen LogP contribution in [0.5, 0.6) is 0 Å². The quantitative estimate of drug-likeness (QED) is 0.750. The maximum atomic E-state index is 13.1. The van der Waals surface area contributed by atoms with Gasteiger partial charge in [-0.3, -0.25) is 4.98 Å². The third-order valence-corrected chi connectivity index (χ3v) is 3.27. The van der Waals surface area contributed by atoms with Gasteiger partial charge in [0.15, 0.2) is 5.65 Å². The summed E-state index contributed by atoms with van der Waals surface area (Å²) >= 11 is 0. The minimum absolute atomic E-state index is 0.0286. The molecule has 0 amide bonds. The third-order valence-electron chi connectivity index (χ3n) is 3.27. The number of alkyl halides is 3. The summed E-state index contributed by atoms with van der Waals surface area (Å²) in [6.45, 7) is 0. The zero-order valence-corrected chi connectivity index (χ0v) is 11.7. The van der Waals surface area contributed by atoms with E-state index < -0.39 is 11.9 Å². The minimum atomic E-state index is -4.54. The van der Waals surface area contributed by atoms with E-state index in [1.54, 1.807) is 6.07 Å². The highest BCUT2D eigenvalue weighted by molar-refractivity contribution is 5.89. The molecule has 23 heavy (non-hydrogen) atoms. The molecule has 0 spiro atoms. The Morgan fingerprint density at radius 3 is 2.48 bits per heavy atom. The van der Waals surface area contributed by atoms with Gasteiger partial charge in [0.25, 0.3) is 0 Å². The fourth-order valence-corrected chi connectivity index (χ4v) is 2.35. The summed E-state index contributed by atoms with van der Waals surface area (Å²) in [5, 5.41) is 0.388. The Kier molecular flexibility index (Phi) is 3.47. The van der Waals surface area contributed by atoms with E-state index in [2.05, 4.69) is 19.9 Å². The molecule has 0 saturated heterocycles. The van der Waals surface area contributed by atoms with E-state index in [-0.39, 0.29) is 29.4 Å². The molecule has 0 unspecified atom stereocenters. The molecule has 0 aromatic carbocycles. The maximum Gasteiger partial charge on any atom is 0.433 e. The second-order valence-electron chi connectivity index (χ2n) is 4.82. The van der Waals surface area contributed by atoms with Crippen molar-refractivity contribution in [3.8, 4) is 0 Å². The molecule has 0 radical (unpaired) electrons. The average molecular weight is 320 g/mol. The van der Waals surface area contributed by atoms with Gasteiger partial charge >= 0.3 is 6.18 Å². The highest BCUT2D eigenvalue weighted by Crippen LogP contribution is 2.32. The lowest BCUT2D eigenvalue weighted by Gasteiger charge is -2.13. The fraction of sp³-hybridized carbons (Fsp3) is 0.143. The van der Waals surface area contributed by atoms with E-state index in [0.717, 1.165) is 6.20 Å². The van der Waals surface area contributed by atoms with Gasteiger partial charge in [-0.25, -0.2) is 4.98 Å². The Balaban J connectivity index is 2.14. The molecule has 0 atom stereocenters. The highest BCUT2D eigenvalue weighted by Gasteiger charge is 2.35. The van der Waals surface area contributed by atoms with Crippen molar-refractivity contribution in [2.24, 2.45) is 0 Å². The minimum Gasteiger partial charge on any atom is -0.383 e. The van der Waals surface area contributed by atoms with Crippen LogP contribution in [0.1, 0.15) is 16.8 Å². The normalized spacial score (nSPS) is 11.8. The first kappa shape index (κ1) is 14.9. The van der Waals surface area contributed by atoms with Crippen molar-refractivity contribution in [1.82, 2.24) is 19.9 Å². The molecule has 3 heterocycles. The van der Waals surface area contributed by atoms with Gasteiger partial charge in [-0.1, -0.05) is 6.07 Å². The Labute approximate surface area is 128 Å². The van der Waals surface area contributed by atoms with Crippen LogP contribution in [0.2, 0.25) is 0 Å². The largest absolute Gasteiger partial charge is 0.433 e. The molecule has 3 aromatic heterocycles. The van der Waals surface area contributed by atoms with Gasteiger partial charge in [-0.2, -0.15) is 23.1 Å². The van der Waals surface area contributed by atoms with Crippen LogP contribution in [0.3, 0.4) is 0 Å². The first-order valence-corrected chi connectivity index (χ1v) is 6.54. The van der Waals surface area contributed by atoms with E-state index >= 15 is 0 Å². The number of nitrogen functional groups attached to an aromatic ring is 2. The molecule has 3 aromatic rings. The standard InChI is InChI=1S/C14H11F3N6/c15-14(16,17)10-8(2-1-4-20-10)6-7-3-5-21-12-9(7)11(18)22-13(19)23-12/h1-5H,6H2,(H4,18,19,21,22,23). The molecule has 0 aliphatic carbocycles. The van der Waals surface area contributed by atoms with Gasteiger partial charge in [-0.05, 0) is 23.3 Å². The number of nitrogens with zero attached hydrogens (tertiary/aromatic N) is 4. The summed E-state index contributed by atoms with van der Waals surface area (Å²) in [4.78, 5) is 15.3. The number of anilines is 2. The van der Waals surface area contributed by atoms with Crippen LogP contribution in [-0.4, -0.2) is 19.9 Å². The zero-order valence-electron chi connectivity index (χ0n) is 11.7. The lowest BCUT2D eigenvalue weighted by atomic mass is 10.0. The summed E-state index contributed by atoms with van der Waals surface area (Å²) in [6, 6.07) is 4.40. The maximum absolute atomic E-state index is 13.1. The van der Waals surface area contributed by atoms with E-state index in [1.165, 1.54) is 18.3 Å². The fourth-order valence-electron chi connectivity index (χ4n) is 2.35. The Hall–Kier alpha value is -2.97. The predicted molar refractivity (Wildman–Crippen MR) is 78.2 cm³/mol. The molecular formula is C14H11F3N6. The lowest BCUT2D eigenvalue weighted by molar-refractivity contribution is -0.141. The van der Waals surface area contributed by atoms with Crippen molar-refractivity contribution in [2.45, 2.75) is 12.6 Å². The molecule has 9 heteroatoms. The van der Waals surface area contributed by atoms with Gasteiger partial charge < -0.3 is 11.5 Å². The number of nitrogens with two attached hydrogens (primary N) is 2. The van der Waals surface area contributed by atoms with E-state index in [0.29, 0.717) is 10.9 Å². The smallest absolute Gasteiger partial charge is 0.383 e. The van der Waals surface area contributed by atoms with Gasteiger partial charge in [0, 0.05) is 18.8 Å². The zero-order chi connectivity index (χ0) is 16.6. The Morgan fingerprint density at radius 1 is 0.957 bits per heavy atom. The Bertz CT molecular complexity index is 878. The summed E-state index contributed by atoms with van der Waals surface area (Å²) < 4.78 is 39.2. The van der Waals surface area contributed by atoms with E-state index in [1.807, 2.05) is 0 Å². The highest BCUT2D eigenvalue weighted by atomic mass is 19.4. The predicted octanol–water partition coefficient (Wildman–Crippen LogP) is 2.19. The van der Waals surface area contributed by atoms with Crippen molar-refractivity contribution < 1.29 is 13.2 Å². The summed E-state index contributed by atoms with van der Waals surface area (Å²) in [7, 11) is 0. The van der Waals surface area contributed by atoms with Gasteiger partial charge in [0.1, 0.15) is 11.5 Å². The molecule has 0 saturated carbocycles. The summed E-state index contributed by atoms with van der Waals surface area (Å²) in [5.41, 5.74) is 11.2. The second kappa shape index (κ2) is 5.34. The van der Waals surface area contributed by atoms with Crippen molar-refractivity contribution >= 4 is 22.8 Å². The molecule has 0 fully saturated rings. The van der Waals surface area contributed by atoms with Crippen molar-refractivity contribution in [3.05, 3.63) is 47.4 Å². The van der Waals surface area contributed by atoms with Gasteiger partial charge in [0.05, 0.1) is 5.39 Å². The van der Waals surface area contributed by atoms with Crippen LogP contribution >= 0.6 is 0 Å². The number of halogens is 3. The topological polar surface area (TPSA) is 104 Å². The summed E-state index contributed by atoms with van der Waals surface area (Å²) in [6.07, 6.45) is -2.02. The number of hydrogen-bond acceptors (Lipinski definition) is 6. The van der Waals surface area contributed by atoms with Crippen LogP contribution in [0.15, 0.2) is 30.6 Å². The monoisotopic (exact) mass is 320 g/mol. The van der Waals surface area contributed by atoms with Crippen LogP contribution in [-0.2, 0) is 12.6 Å². The van der Waals surface area contributed by atoms with Crippen LogP contribution in [0, 0.1) is 0 Å². The number of fused-ring (bicyclic) bond motifs is 1.